The fourth-order valence-electron chi connectivity index (χ4n) is 3.54. The molecule has 1 aromatic heterocycles. The van der Waals surface area contributed by atoms with Gasteiger partial charge in [0.15, 0.2) is 5.16 Å². The van der Waals surface area contributed by atoms with Crippen molar-refractivity contribution in [3.05, 3.63) is 59.7 Å². The highest BCUT2D eigenvalue weighted by Crippen LogP contribution is 2.26. The first kappa shape index (κ1) is 21.1. The Morgan fingerprint density at radius 2 is 1.94 bits per heavy atom. The molecular formula is C23H24N4O3S. The number of aryl methyl sites for hydroxylation is 1. The van der Waals surface area contributed by atoms with Crippen LogP contribution in [0.1, 0.15) is 36.2 Å². The number of benzene rings is 2. The van der Waals surface area contributed by atoms with E-state index >= 15 is 0 Å². The van der Waals surface area contributed by atoms with E-state index in [0.717, 1.165) is 28.4 Å². The van der Waals surface area contributed by atoms with E-state index in [1.54, 1.807) is 24.1 Å². The Morgan fingerprint density at radius 3 is 2.68 bits per heavy atom. The molecule has 1 amide bonds. The molecule has 0 saturated carbocycles. The van der Waals surface area contributed by atoms with Gasteiger partial charge in [0.25, 0.3) is 5.91 Å². The molecule has 0 radical (unpaired) electrons. The minimum atomic E-state index is -0.360. The maximum absolute atomic E-state index is 12.7. The number of hydrogen-bond donors (Lipinski definition) is 0. The lowest BCUT2D eigenvalue weighted by Gasteiger charge is -2.11. The molecule has 1 aliphatic rings. The predicted octanol–water partition coefficient (Wildman–Crippen LogP) is 3.96. The molecule has 3 aromatic rings. The third-order valence-corrected chi connectivity index (χ3v) is 6.02. The van der Waals surface area contributed by atoms with Crippen LogP contribution in [-0.4, -0.2) is 51.1 Å². The minimum absolute atomic E-state index is 0.0437. The van der Waals surface area contributed by atoms with Crippen molar-refractivity contribution in [2.45, 2.75) is 32.0 Å². The Morgan fingerprint density at radius 1 is 1.13 bits per heavy atom. The largest absolute Gasteiger partial charge is 0.462 e. The van der Waals surface area contributed by atoms with Crippen LogP contribution in [0, 0.1) is 0 Å². The van der Waals surface area contributed by atoms with E-state index in [4.69, 9.17) is 4.74 Å². The van der Waals surface area contributed by atoms with Gasteiger partial charge in [0, 0.05) is 13.0 Å². The summed E-state index contributed by atoms with van der Waals surface area (Å²) in [6.07, 6.45) is 0.754. The van der Waals surface area contributed by atoms with Crippen molar-refractivity contribution < 1.29 is 14.3 Å². The van der Waals surface area contributed by atoms with Gasteiger partial charge in [0.1, 0.15) is 0 Å². The van der Waals surface area contributed by atoms with E-state index in [9.17, 15) is 9.59 Å². The molecule has 2 heterocycles. The van der Waals surface area contributed by atoms with Crippen molar-refractivity contribution in [3.63, 3.8) is 0 Å². The monoisotopic (exact) mass is 436 g/mol. The third kappa shape index (κ3) is 4.49. The summed E-state index contributed by atoms with van der Waals surface area (Å²) in [5, 5.41) is 6.81. The molecule has 0 atom stereocenters. The molecule has 0 fully saturated rings. The standard InChI is InChI=1S/C23H24N4O3S/c1-3-26-20-11-10-17(22(29)30-4-2)14-19(20)24-23(26)31-15-21(28)27-13-12-18(25-27)16-8-6-5-7-9-16/h5-11,14H,3-4,12-13,15H2,1-2H3. The summed E-state index contributed by atoms with van der Waals surface area (Å²) in [5.41, 5.74) is 4.11. The summed E-state index contributed by atoms with van der Waals surface area (Å²) < 4.78 is 7.12. The van der Waals surface area contributed by atoms with Gasteiger partial charge in [-0.3, -0.25) is 4.79 Å². The van der Waals surface area contributed by atoms with E-state index < -0.39 is 0 Å². The number of imidazole rings is 1. The van der Waals surface area contributed by atoms with Crippen LogP contribution >= 0.6 is 11.8 Å². The van der Waals surface area contributed by atoms with Crippen LogP contribution in [0.4, 0.5) is 0 Å². The quantitative estimate of drug-likeness (QED) is 0.414. The Balaban J connectivity index is 1.47. The molecular weight excluding hydrogens is 412 g/mol. The minimum Gasteiger partial charge on any atom is -0.462 e. The smallest absolute Gasteiger partial charge is 0.338 e. The van der Waals surface area contributed by atoms with Gasteiger partial charge in [0.05, 0.1) is 41.2 Å². The number of amides is 1. The van der Waals surface area contributed by atoms with Gasteiger partial charge < -0.3 is 9.30 Å². The Bertz CT molecular complexity index is 1140. The van der Waals surface area contributed by atoms with E-state index in [2.05, 4.69) is 10.1 Å². The first-order valence-corrected chi connectivity index (χ1v) is 11.3. The van der Waals surface area contributed by atoms with Gasteiger partial charge in [-0.1, -0.05) is 42.1 Å². The van der Waals surface area contributed by atoms with Crippen LogP contribution in [0.25, 0.3) is 11.0 Å². The van der Waals surface area contributed by atoms with Crippen molar-refractivity contribution in [1.29, 1.82) is 0 Å². The molecule has 0 unspecified atom stereocenters. The number of hydrogen-bond acceptors (Lipinski definition) is 6. The van der Waals surface area contributed by atoms with Crippen molar-refractivity contribution in [2.75, 3.05) is 18.9 Å². The lowest BCUT2D eigenvalue weighted by Crippen LogP contribution is -2.25. The normalized spacial score (nSPS) is 13.5. The number of esters is 1. The Kier molecular flexibility index (Phi) is 6.36. The first-order valence-electron chi connectivity index (χ1n) is 10.3. The summed E-state index contributed by atoms with van der Waals surface area (Å²) in [7, 11) is 0. The zero-order chi connectivity index (χ0) is 21.8. The second-order valence-electron chi connectivity index (χ2n) is 7.03. The molecule has 1 aliphatic heterocycles. The summed E-state index contributed by atoms with van der Waals surface area (Å²) in [4.78, 5) is 29.4. The predicted molar refractivity (Wildman–Crippen MR) is 121 cm³/mol. The molecule has 2 aromatic carbocycles. The molecule has 0 aliphatic carbocycles. The average molecular weight is 437 g/mol. The second kappa shape index (κ2) is 9.34. The zero-order valence-electron chi connectivity index (χ0n) is 17.6. The SMILES string of the molecule is CCOC(=O)c1ccc2c(c1)nc(SCC(=O)N1CCC(c3ccccc3)=N1)n2CC. The molecule has 7 nitrogen and oxygen atoms in total. The lowest BCUT2D eigenvalue weighted by atomic mass is 10.1. The highest BCUT2D eigenvalue weighted by molar-refractivity contribution is 7.99. The van der Waals surface area contributed by atoms with Crippen LogP contribution in [0.5, 0.6) is 0 Å². The summed E-state index contributed by atoms with van der Waals surface area (Å²) in [6.45, 7) is 5.45. The number of nitrogens with zero attached hydrogens (tertiary/aromatic N) is 4. The van der Waals surface area contributed by atoms with E-state index in [-0.39, 0.29) is 17.6 Å². The fourth-order valence-corrected chi connectivity index (χ4v) is 4.48. The number of rotatable bonds is 7. The van der Waals surface area contributed by atoms with Crippen LogP contribution in [0.15, 0.2) is 58.8 Å². The number of aromatic nitrogens is 2. The van der Waals surface area contributed by atoms with Crippen molar-refractivity contribution in [2.24, 2.45) is 5.10 Å². The van der Waals surface area contributed by atoms with Gasteiger partial charge >= 0.3 is 5.97 Å². The van der Waals surface area contributed by atoms with Gasteiger partial charge in [-0.15, -0.1) is 0 Å². The average Bonchev–Trinajstić information content (AvgIpc) is 3.42. The second-order valence-corrected chi connectivity index (χ2v) is 7.97. The Hall–Kier alpha value is -3.13. The summed E-state index contributed by atoms with van der Waals surface area (Å²) >= 11 is 1.39. The summed E-state index contributed by atoms with van der Waals surface area (Å²) in [5.74, 6) is -0.154. The molecule has 0 N–H and O–H groups in total. The van der Waals surface area contributed by atoms with Gasteiger partial charge in [-0.05, 0) is 37.6 Å². The van der Waals surface area contributed by atoms with E-state index in [0.29, 0.717) is 30.8 Å². The molecule has 8 heteroatoms. The van der Waals surface area contributed by atoms with Gasteiger partial charge in [-0.25, -0.2) is 14.8 Å². The zero-order valence-corrected chi connectivity index (χ0v) is 18.4. The number of fused-ring (bicyclic) bond motifs is 1. The van der Waals surface area contributed by atoms with Crippen molar-refractivity contribution in [1.82, 2.24) is 14.6 Å². The first-order chi connectivity index (χ1) is 15.1. The molecule has 160 valence electrons. The van der Waals surface area contributed by atoms with Crippen LogP contribution in [-0.2, 0) is 16.1 Å². The van der Waals surface area contributed by atoms with Gasteiger partial charge in [-0.2, -0.15) is 5.10 Å². The fraction of sp³-hybridized carbons (Fsp3) is 0.304. The maximum atomic E-state index is 12.7. The molecule has 0 saturated heterocycles. The number of ether oxygens (including phenoxy) is 1. The van der Waals surface area contributed by atoms with Crippen molar-refractivity contribution >= 4 is 40.4 Å². The van der Waals surface area contributed by atoms with E-state index in [1.807, 2.05) is 47.9 Å². The van der Waals surface area contributed by atoms with Crippen LogP contribution in [0.2, 0.25) is 0 Å². The Labute approximate surface area is 185 Å². The molecule has 31 heavy (non-hydrogen) atoms. The van der Waals surface area contributed by atoms with Crippen molar-refractivity contribution in [3.8, 4) is 0 Å². The van der Waals surface area contributed by atoms with Gasteiger partial charge in [0.2, 0.25) is 0 Å². The molecule has 4 rings (SSSR count). The number of carbonyl (C=O) groups is 2. The highest BCUT2D eigenvalue weighted by Gasteiger charge is 2.22. The molecule has 0 bridgehead atoms. The topological polar surface area (TPSA) is 76.8 Å². The number of thioether (sulfide) groups is 1. The molecule has 0 spiro atoms. The highest BCUT2D eigenvalue weighted by atomic mass is 32.2. The maximum Gasteiger partial charge on any atom is 0.338 e. The number of hydrazone groups is 1. The van der Waals surface area contributed by atoms with Crippen LogP contribution < -0.4 is 0 Å². The number of carbonyl (C=O) groups excluding carboxylic acids is 2. The summed E-state index contributed by atoms with van der Waals surface area (Å²) in [6, 6.07) is 15.3. The van der Waals surface area contributed by atoms with E-state index in [1.165, 1.54) is 11.8 Å². The third-order valence-electron chi connectivity index (χ3n) is 5.06. The van der Waals surface area contributed by atoms with Crippen LogP contribution in [0.3, 0.4) is 0 Å². The lowest BCUT2D eigenvalue weighted by molar-refractivity contribution is -0.127.